The average molecular weight is 192 g/mol. The minimum atomic E-state index is 0.551. The van der Waals surface area contributed by atoms with Crippen molar-refractivity contribution in [3.05, 3.63) is 24.0 Å². The Morgan fingerprint density at radius 3 is 3.00 bits per heavy atom. The molecule has 0 bridgehead atoms. The molecule has 2 heteroatoms. The third kappa shape index (κ3) is 2.38. The highest BCUT2D eigenvalue weighted by atomic mass is 14.9. The van der Waals surface area contributed by atoms with Crippen LogP contribution in [0.2, 0.25) is 0 Å². The molecule has 2 N–H and O–H groups in total. The van der Waals surface area contributed by atoms with Crippen LogP contribution in [-0.2, 0) is 6.54 Å². The van der Waals surface area contributed by atoms with E-state index in [0.29, 0.717) is 5.41 Å². The molecule has 1 aromatic rings. The fourth-order valence-corrected chi connectivity index (χ4v) is 2.34. The van der Waals surface area contributed by atoms with Crippen LogP contribution in [0, 0.1) is 5.41 Å². The van der Waals surface area contributed by atoms with Gasteiger partial charge < -0.3 is 10.3 Å². The Bertz CT molecular complexity index is 275. The van der Waals surface area contributed by atoms with Gasteiger partial charge in [0.2, 0.25) is 0 Å². The normalized spacial score (nSPS) is 25.4. The molecular formula is C12H20N2. The fraction of sp³-hybridized carbons (Fsp3) is 0.667. The molecule has 0 spiro atoms. The van der Waals surface area contributed by atoms with E-state index in [1.807, 2.05) is 6.20 Å². The highest BCUT2D eigenvalue weighted by Crippen LogP contribution is 2.36. The molecule has 78 valence electrons. The maximum atomic E-state index is 3.62. The Hall–Kier alpha value is -0.760. The monoisotopic (exact) mass is 192 g/mol. The van der Waals surface area contributed by atoms with E-state index in [2.05, 4.69) is 36.4 Å². The van der Waals surface area contributed by atoms with Gasteiger partial charge in [0.15, 0.2) is 0 Å². The quantitative estimate of drug-likeness (QED) is 0.757. The molecule has 1 saturated carbocycles. The highest BCUT2D eigenvalue weighted by Gasteiger charge is 2.30. The Morgan fingerprint density at radius 2 is 2.43 bits per heavy atom. The maximum absolute atomic E-state index is 3.62. The number of aromatic amines is 1. The van der Waals surface area contributed by atoms with Crippen LogP contribution in [0.3, 0.4) is 0 Å². The summed E-state index contributed by atoms with van der Waals surface area (Å²) in [5, 5.41) is 3.62. The molecule has 1 aliphatic carbocycles. The molecule has 2 nitrogen and oxygen atoms in total. The van der Waals surface area contributed by atoms with Crippen molar-refractivity contribution in [3.8, 4) is 0 Å². The summed E-state index contributed by atoms with van der Waals surface area (Å²) in [6.07, 6.45) is 8.05. The van der Waals surface area contributed by atoms with Gasteiger partial charge >= 0.3 is 0 Å². The number of H-pyrrole nitrogens is 1. The van der Waals surface area contributed by atoms with Gasteiger partial charge in [0, 0.05) is 25.0 Å². The van der Waals surface area contributed by atoms with Crippen LogP contribution in [0.25, 0.3) is 0 Å². The minimum Gasteiger partial charge on any atom is -0.367 e. The largest absolute Gasteiger partial charge is 0.367 e. The molecule has 0 aromatic carbocycles. The molecule has 0 amide bonds. The van der Waals surface area contributed by atoms with E-state index in [9.17, 15) is 0 Å². The molecule has 0 saturated heterocycles. The molecule has 1 heterocycles. The lowest BCUT2D eigenvalue weighted by atomic mass is 9.92. The van der Waals surface area contributed by atoms with E-state index >= 15 is 0 Å². The van der Waals surface area contributed by atoms with Crippen LogP contribution in [-0.4, -0.2) is 11.0 Å². The SMILES string of the molecule is CC1(C)CCC(NCc2cc[nH]c2)C1. The molecular weight excluding hydrogens is 172 g/mol. The van der Waals surface area contributed by atoms with E-state index in [1.165, 1.54) is 24.8 Å². The van der Waals surface area contributed by atoms with Gasteiger partial charge in [-0.25, -0.2) is 0 Å². The van der Waals surface area contributed by atoms with Gasteiger partial charge in [-0.2, -0.15) is 0 Å². The summed E-state index contributed by atoms with van der Waals surface area (Å²) in [6.45, 7) is 5.74. The molecule has 0 radical (unpaired) electrons. The van der Waals surface area contributed by atoms with Crippen LogP contribution in [0.4, 0.5) is 0 Å². The van der Waals surface area contributed by atoms with E-state index in [-0.39, 0.29) is 0 Å². The first-order valence-corrected chi connectivity index (χ1v) is 5.51. The van der Waals surface area contributed by atoms with Crippen molar-refractivity contribution in [2.75, 3.05) is 0 Å². The van der Waals surface area contributed by atoms with Crippen LogP contribution >= 0.6 is 0 Å². The Balaban J connectivity index is 1.78. The van der Waals surface area contributed by atoms with E-state index in [0.717, 1.165) is 12.6 Å². The fourth-order valence-electron chi connectivity index (χ4n) is 2.34. The summed E-state index contributed by atoms with van der Waals surface area (Å²) in [6, 6.07) is 2.85. The Kier molecular flexibility index (Phi) is 2.64. The first-order chi connectivity index (χ1) is 6.66. The van der Waals surface area contributed by atoms with Crippen LogP contribution in [0.1, 0.15) is 38.7 Å². The molecule has 1 fully saturated rings. The molecule has 2 rings (SSSR count). The lowest BCUT2D eigenvalue weighted by Gasteiger charge is -2.17. The van der Waals surface area contributed by atoms with Gasteiger partial charge in [-0.3, -0.25) is 0 Å². The number of hydrogen-bond acceptors (Lipinski definition) is 1. The summed E-state index contributed by atoms with van der Waals surface area (Å²) >= 11 is 0. The highest BCUT2D eigenvalue weighted by molar-refractivity contribution is 5.08. The Morgan fingerprint density at radius 1 is 1.57 bits per heavy atom. The van der Waals surface area contributed by atoms with Gasteiger partial charge in [-0.05, 0) is 36.3 Å². The van der Waals surface area contributed by atoms with Crippen molar-refractivity contribution < 1.29 is 0 Å². The zero-order valence-corrected chi connectivity index (χ0v) is 9.14. The first kappa shape index (κ1) is 9.78. The van der Waals surface area contributed by atoms with Crippen molar-refractivity contribution in [1.82, 2.24) is 10.3 Å². The van der Waals surface area contributed by atoms with Gasteiger partial charge in [0.1, 0.15) is 0 Å². The van der Waals surface area contributed by atoms with Crippen molar-refractivity contribution in [2.24, 2.45) is 5.41 Å². The van der Waals surface area contributed by atoms with Crippen molar-refractivity contribution >= 4 is 0 Å². The number of aromatic nitrogens is 1. The average Bonchev–Trinajstić information content (AvgIpc) is 2.70. The summed E-state index contributed by atoms with van der Waals surface area (Å²) in [5.41, 5.74) is 1.91. The standard InChI is InChI=1S/C12H20N2/c1-12(2)5-3-11(7-12)14-9-10-4-6-13-8-10/h4,6,8,11,13-14H,3,5,7,9H2,1-2H3. The van der Waals surface area contributed by atoms with Crippen molar-refractivity contribution in [1.29, 1.82) is 0 Å². The van der Waals surface area contributed by atoms with Crippen LogP contribution in [0.15, 0.2) is 18.5 Å². The summed E-state index contributed by atoms with van der Waals surface area (Å²) in [7, 11) is 0. The predicted molar refractivity (Wildman–Crippen MR) is 59.1 cm³/mol. The van der Waals surface area contributed by atoms with Crippen molar-refractivity contribution in [2.45, 2.75) is 45.7 Å². The van der Waals surface area contributed by atoms with Crippen LogP contribution in [0.5, 0.6) is 0 Å². The summed E-state index contributed by atoms with van der Waals surface area (Å²) in [4.78, 5) is 3.08. The topological polar surface area (TPSA) is 27.8 Å². The molecule has 14 heavy (non-hydrogen) atoms. The minimum absolute atomic E-state index is 0.551. The van der Waals surface area contributed by atoms with E-state index in [4.69, 9.17) is 0 Å². The number of rotatable bonds is 3. The molecule has 1 aromatic heterocycles. The molecule has 1 aliphatic rings. The third-order valence-corrected chi connectivity index (χ3v) is 3.23. The number of nitrogens with one attached hydrogen (secondary N) is 2. The molecule has 0 aliphatic heterocycles. The molecule has 1 unspecified atom stereocenters. The third-order valence-electron chi connectivity index (χ3n) is 3.23. The van der Waals surface area contributed by atoms with E-state index < -0.39 is 0 Å². The second-order valence-electron chi connectivity index (χ2n) is 5.20. The van der Waals surface area contributed by atoms with E-state index in [1.54, 1.807) is 0 Å². The van der Waals surface area contributed by atoms with Gasteiger partial charge in [-0.1, -0.05) is 13.8 Å². The van der Waals surface area contributed by atoms with Gasteiger partial charge in [0.05, 0.1) is 0 Å². The molecule has 1 atom stereocenters. The zero-order valence-electron chi connectivity index (χ0n) is 9.14. The second-order valence-corrected chi connectivity index (χ2v) is 5.20. The van der Waals surface area contributed by atoms with Gasteiger partial charge in [0.25, 0.3) is 0 Å². The lowest BCUT2D eigenvalue weighted by Crippen LogP contribution is -2.26. The maximum Gasteiger partial charge on any atom is 0.0223 e. The summed E-state index contributed by atoms with van der Waals surface area (Å²) in [5.74, 6) is 0. The van der Waals surface area contributed by atoms with Crippen LogP contribution < -0.4 is 5.32 Å². The summed E-state index contributed by atoms with van der Waals surface area (Å²) < 4.78 is 0. The first-order valence-electron chi connectivity index (χ1n) is 5.51. The zero-order chi connectivity index (χ0) is 10.0. The lowest BCUT2D eigenvalue weighted by molar-refractivity contribution is 0.364. The smallest absolute Gasteiger partial charge is 0.0223 e. The predicted octanol–water partition coefficient (Wildman–Crippen LogP) is 2.68. The Labute approximate surface area is 86.1 Å². The van der Waals surface area contributed by atoms with Gasteiger partial charge in [-0.15, -0.1) is 0 Å². The second kappa shape index (κ2) is 3.77. The number of hydrogen-bond donors (Lipinski definition) is 2. The van der Waals surface area contributed by atoms with Crippen molar-refractivity contribution in [3.63, 3.8) is 0 Å².